The van der Waals surface area contributed by atoms with Gasteiger partial charge in [0.15, 0.2) is 0 Å². The van der Waals surface area contributed by atoms with E-state index >= 15 is 0 Å². The third-order valence-electron chi connectivity index (χ3n) is 3.29. The Hall–Kier alpha value is -1.12. The van der Waals surface area contributed by atoms with Crippen molar-refractivity contribution in [3.63, 3.8) is 0 Å². The molecule has 0 radical (unpaired) electrons. The number of hydrogen-bond acceptors (Lipinski definition) is 3. The molecule has 0 aromatic rings. The Morgan fingerprint density at radius 3 is 2.50 bits per heavy atom. The zero-order valence-corrected chi connectivity index (χ0v) is 8.40. The molecule has 14 heavy (non-hydrogen) atoms. The minimum absolute atomic E-state index is 0.127. The van der Waals surface area contributed by atoms with Crippen LogP contribution in [0.1, 0.15) is 20.3 Å². The number of cyclic esters (lactones) is 2. The van der Waals surface area contributed by atoms with Gasteiger partial charge in [-0.25, -0.2) is 0 Å². The summed E-state index contributed by atoms with van der Waals surface area (Å²) in [6.45, 7) is 3.98. The van der Waals surface area contributed by atoms with Crippen LogP contribution in [-0.2, 0) is 14.3 Å². The van der Waals surface area contributed by atoms with E-state index in [4.69, 9.17) is 4.74 Å². The Morgan fingerprint density at radius 1 is 1.21 bits per heavy atom. The average Bonchev–Trinajstić information content (AvgIpc) is 2.44. The molecule has 4 unspecified atom stereocenters. The van der Waals surface area contributed by atoms with Crippen molar-refractivity contribution in [3.8, 4) is 0 Å². The summed E-state index contributed by atoms with van der Waals surface area (Å²) in [6.07, 6.45) is 4.95. The lowest BCUT2D eigenvalue weighted by molar-refractivity contribution is -0.154. The van der Waals surface area contributed by atoms with E-state index in [9.17, 15) is 9.59 Å². The summed E-state index contributed by atoms with van der Waals surface area (Å²) < 4.78 is 4.69. The lowest BCUT2D eigenvalue weighted by atomic mass is 9.71. The van der Waals surface area contributed by atoms with Crippen LogP contribution in [0.5, 0.6) is 0 Å². The molecule has 1 fully saturated rings. The first kappa shape index (κ1) is 9.44. The second-order valence-electron chi connectivity index (χ2n) is 4.11. The topological polar surface area (TPSA) is 43.4 Å². The highest BCUT2D eigenvalue weighted by Crippen LogP contribution is 2.41. The van der Waals surface area contributed by atoms with Gasteiger partial charge < -0.3 is 4.74 Å². The van der Waals surface area contributed by atoms with Crippen LogP contribution < -0.4 is 0 Å². The molecule has 3 heteroatoms. The maximum atomic E-state index is 11.5. The monoisotopic (exact) mass is 194 g/mol. The fraction of sp³-hybridized carbons (Fsp3) is 0.636. The minimum Gasteiger partial charge on any atom is -0.393 e. The SMILES string of the molecule is CCC1C=CC(C)C2C(=O)OC(=O)C12. The summed E-state index contributed by atoms with van der Waals surface area (Å²) >= 11 is 0. The second kappa shape index (κ2) is 3.23. The molecule has 0 aromatic heterocycles. The van der Waals surface area contributed by atoms with Crippen LogP contribution in [0, 0.1) is 23.7 Å². The molecule has 0 bridgehead atoms. The molecule has 0 spiro atoms. The highest BCUT2D eigenvalue weighted by Gasteiger charge is 2.50. The van der Waals surface area contributed by atoms with Gasteiger partial charge in [0.05, 0.1) is 11.8 Å². The molecule has 1 heterocycles. The Morgan fingerprint density at radius 2 is 1.86 bits per heavy atom. The Kier molecular flexibility index (Phi) is 2.17. The molecule has 76 valence electrons. The average molecular weight is 194 g/mol. The van der Waals surface area contributed by atoms with Crippen molar-refractivity contribution in [2.75, 3.05) is 0 Å². The summed E-state index contributed by atoms with van der Waals surface area (Å²) in [4.78, 5) is 22.9. The Labute approximate surface area is 83.1 Å². The minimum atomic E-state index is -0.338. The summed E-state index contributed by atoms with van der Waals surface area (Å²) in [5.41, 5.74) is 0. The van der Waals surface area contributed by atoms with Gasteiger partial charge >= 0.3 is 11.9 Å². The molecule has 0 saturated carbocycles. The van der Waals surface area contributed by atoms with Crippen LogP contribution in [0.4, 0.5) is 0 Å². The Balaban J connectivity index is 2.35. The van der Waals surface area contributed by atoms with Gasteiger partial charge in [0.1, 0.15) is 0 Å². The Bertz CT molecular complexity index is 306. The highest BCUT2D eigenvalue weighted by molar-refractivity contribution is 5.97. The van der Waals surface area contributed by atoms with Gasteiger partial charge in [-0.2, -0.15) is 0 Å². The number of hydrogen-bond donors (Lipinski definition) is 0. The number of fused-ring (bicyclic) bond motifs is 1. The molecule has 2 aliphatic rings. The summed E-state index contributed by atoms with van der Waals surface area (Å²) in [6, 6.07) is 0. The third kappa shape index (κ3) is 1.19. The maximum absolute atomic E-state index is 11.5. The molecule has 0 amide bonds. The predicted molar refractivity (Wildman–Crippen MR) is 50.2 cm³/mol. The van der Waals surface area contributed by atoms with Crippen LogP contribution in [0.2, 0.25) is 0 Å². The highest BCUT2D eigenvalue weighted by atomic mass is 16.6. The van der Waals surface area contributed by atoms with Gasteiger partial charge in [0.2, 0.25) is 0 Å². The van der Waals surface area contributed by atoms with E-state index in [1.165, 1.54) is 0 Å². The van der Waals surface area contributed by atoms with Gasteiger partial charge in [-0.1, -0.05) is 26.0 Å². The van der Waals surface area contributed by atoms with Crippen molar-refractivity contribution in [2.45, 2.75) is 20.3 Å². The number of rotatable bonds is 1. The number of ether oxygens (including phenoxy) is 1. The maximum Gasteiger partial charge on any atom is 0.318 e. The van der Waals surface area contributed by atoms with Crippen LogP contribution >= 0.6 is 0 Å². The number of carbonyl (C=O) groups is 2. The lowest BCUT2D eigenvalue weighted by Crippen LogP contribution is -2.32. The molecular formula is C11H14O3. The molecule has 0 N–H and O–H groups in total. The fourth-order valence-corrected chi connectivity index (χ4v) is 2.46. The second-order valence-corrected chi connectivity index (χ2v) is 4.11. The van der Waals surface area contributed by atoms with Gasteiger partial charge in [-0.15, -0.1) is 0 Å². The van der Waals surface area contributed by atoms with E-state index in [-0.39, 0.29) is 35.6 Å². The fourth-order valence-electron chi connectivity index (χ4n) is 2.46. The normalized spacial score (nSPS) is 41.0. The van der Waals surface area contributed by atoms with Gasteiger partial charge in [0.25, 0.3) is 0 Å². The summed E-state index contributed by atoms with van der Waals surface area (Å²) in [5.74, 6) is -0.833. The van der Waals surface area contributed by atoms with Crippen LogP contribution in [-0.4, -0.2) is 11.9 Å². The van der Waals surface area contributed by atoms with E-state index < -0.39 is 0 Å². The molecule has 2 rings (SSSR count). The molecule has 1 aliphatic heterocycles. The van der Waals surface area contributed by atoms with Crippen molar-refractivity contribution in [3.05, 3.63) is 12.2 Å². The van der Waals surface area contributed by atoms with Crippen molar-refractivity contribution >= 4 is 11.9 Å². The summed E-state index contributed by atoms with van der Waals surface area (Å²) in [7, 11) is 0. The van der Waals surface area contributed by atoms with Crippen LogP contribution in [0.3, 0.4) is 0 Å². The van der Waals surface area contributed by atoms with E-state index in [0.29, 0.717) is 0 Å². The number of esters is 2. The predicted octanol–water partition coefficient (Wildman–Crippen LogP) is 1.53. The number of carbonyl (C=O) groups excluding carboxylic acids is 2. The molecule has 1 saturated heterocycles. The van der Waals surface area contributed by atoms with Crippen molar-refractivity contribution in [1.82, 2.24) is 0 Å². The largest absolute Gasteiger partial charge is 0.393 e. The van der Waals surface area contributed by atoms with E-state index in [1.807, 2.05) is 26.0 Å². The van der Waals surface area contributed by atoms with E-state index in [0.717, 1.165) is 6.42 Å². The van der Waals surface area contributed by atoms with E-state index in [2.05, 4.69) is 0 Å². The first-order valence-corrected chi connectivity index (χ1v) is 5.09. The van der Waals surface area contributed by atoms with Gasteiger partial charge in [-0.3, -0.25) is 9.59 Å². The zero-order chi connectivity index (χ0) is 10.3. The first-order valence-electron chi connectivity index (χ1n) is 5.09. The van der Waals surface area contributed by atoms with E-state index in [1.54, 1.807) is 0 Å². The smallest absolute Gasteiger partial charge is 0.318 e. The van der Waals surface area contributed by atoms with Crippen LogP contribution in [0.25, 0.3) is 0 Å². The molecule has 3 nitrogen and oxygen atoms in total. The zero-order valence-electron chi connectivity index (χ0n) is 8.40. The van der Waals surface area contributed by atoms with Crippen molar-refractivity contribution in [1.29, 1.82) is 0 Å². The quantitative estimate of drug-likeness (QED) is 0.361. The molecular weight excluding hydrogens is 180 g/mol. The molecule has 4 atom stereocenters. The third-order valence-corrected chi connectivity index (χ3v) is 3.29. The van der Waals surface area contributed by atoms with Crippen molar-refractivity contribution in [2.24, 2.45) is 23.7 Å². The lowest BCUT2D eigenvalue weighted by Gasteiger charge is -2.27. The van der Waals surface area contributed by atoms with Gasteiger partial charge in [-0.05, 0) is 18.3 Å². The van der Waals surface area contributed by atoms with Crippen LogP contribution in [0.15, 0.2) is 12.2 Å². The molecule has 0 aromatic carbocycles. The molecule has 1 aliphatic carbocycles. The summed E-state index contributed by atoms with van der Waals surface area (Å²) in [5, 5.41) is 0. The standard InChI is InChI=1S/C11H14O3/c1-3-7-5-4-6(2)8-9(7)11(13)14-10(8)12/h4-9H,3H2,1-2H3. The number of allylic oxidation sites excluding steroid dienone is 2. The van der Waals surface area contributed by atoms with Crippen molar-refractivity contribution < 1.29 is 14.3 Å². The first-order chi connectivity index (χ1) is 6.65. The van der Waals surface area contributed by atoms with Gasteiger partial charge in [0, 0.05) is 0 Å².